The first-order chi connectivity index (χ1) is 13.6. The molecule has 0 saturated carbocycles. The van der Waals surface area contributed by atoms with E-state index in [0.717, 1.165) is 32.5 Å². The van der Waals surface area contributed by atoms with Crippen molar-refractivity contribution in [3.05, 3.63) is 59.7 Å². The first kappa shape index (κ1) is 19.2. The molecule has 2 aromatic rings. The van der Waals surface area contributed by atoms with Crippen LogP contribution in [-0.4, -0.2) is 59.1 Å². The molecule has 148 valence electrons. The van der Waals surface area contributed by atoms with Crippen LogP contribution in [0.2, 0.25) is 0 Å². The number of rotatable bonds is 3. The Kier molecular flexibility index (Phi) is 5.51. The van der Waals surface area contributed by atoms with Crippen LogP contribution < -0.4 is 0 Å². The zero-order chi connectivity index (χ0) is 19.7. The topological polar surface area (TPSA) is 43.8 Å². The van der Waals surface area contributed by atoms with Crippen LogP contribution >= 0.6 is 0 Å². The van der Waals surface area contributed by atoms with E-state index in [1.807, 2.05) is 4.90 Å². The van der Waals surface area contributed by atoms with Crippen molar-refractivity contribution in [2.24, 2.45) is 0 Å². The molecule has 2 fully saturated rings. The Labute approximate surface area is 167 Å². The largest absolute Gasteiger partial charge is 0.395 e. The maximum atomic E-state index is 12.0. The molecule has 0 aliphatic carbocycles. The van der Waals surface area contributed by atoms with Crippen molar-refractivity contribution >= 4 is 5.91 Å². The van der Waals surface area contributed by atoms with Gasteiger partial charge in [0.05, 0.1) is 6.61 Å². The lowest BCUT2D eigenvalue weighted by Gasteiger charge is -2.57. The molecule has 3 atom stereocenters. The van der Waals surface area contributed by atoms with Crippen LogP contribution in [0.5, 0.6) is 0 Å². The highest BCUT2D eigenvalue weighted by molar-refractivity contribution is 5.73. The smallest absolute Gasteiger partial charge is 0.219 e. The van der Waals surface area contributed by atoms with E-state index in [2.05, 4.69) is 60.4 Å². The summed E-state index contributed by atoms with van der Waals surface area (Å²) in [7, 11) is 0. The van der Waals surface area contributed by atoms with E-state index in [0.29, 0.717) is 6.04 Å². The monoisotopic (exact) mass is 378 g/mol. The summed E-state index contributed by atoms with van der Waals surface area (Å²) in [5, 5.41) is 10.0. The number of aliphatic hydroxyl groups is 1. The van der Waals surface area contributed by atoms with E-state index in [4.69, 9.17) is 0 Å². The molecule has 0 spiro atoms. The van der Waals surface area contributed by atoms with Crippen molar-refractivity contribution in [2.75, 3.05) is 26.2 Å². The summed E-state index contributed by atoms with van der Waals surface area (Å²) in [6, 6.07) is 17.8. The number of nitrogens with zero attached hydrogens (tertiary/aromatic N) is 2. The van der Waals surface area contributed by atoms with Crippen LogP contribution in [0.3, 0.4) is 0 Å². The molecule has 0 bridgehead atoms. The summed E-state index contributed by atoms with van der Waals surface area (Å²) in [4.78, 5) is 16.4. The number of hydrogen-bond donors (Lipinski definition) is 1. The average molecular weight is 379 g/mol. The standard InChI is InChI=1S/C24H30N2O2/c1-17-5-7-19(8-6-17)20-9-11-21(12-10-20)24-22-15-25(18(2)28)13-3-4-14-26(22)23(24)16-27/h5-12,22-24,27H,3-4,13-16H2,1-2H3/t22-,23-,24+/m0/s1. The van der Waals surface area contributed by atoms with E-state index in [9.17, 15) is 9.90 Å². The van der Waals surface area contributed by atoms with Crippen molar-refractivity contribution in [2.45, 2.75) is 44.7 Å². The zero-order valence-corrected chi connectivity index (χ0v) is 16.8. The second-order valence-corrected chi connectivity index (χ2v) is 8.24. The molecule has 0 radical (unpaired) electrons. The van der Waals surface area contributed by atoms with E-state index in [1.165, 1.54) is 22.3 Å². The summed E-state index contributed by atoms with van der Waals surface area (Å²) >= 11 is 0. The number of carbonyl (C=O) groups excluding carboxylic acids is 1. The Morgan fingerprint density at radius 3 is 2.21 bits per heavy atom. The molecule has 2 aliphatic rings. The molecule has 4 rings (SSSR count). The van der Waals surface area contributed by atoms with Gasteiger partial charge in [0.25, 0.3) is 0 Å². The lowest BCUT2D eigenvalue weighted by atomic mass is 9.74. The molecular weight excluding hydrogens is 348 g/mol. The molecule has 0 unspecified atom stereocenters. The van der Waals surface area contributed by atoms with Gasteiger partial charge in [-0.2, -0.15) is 0 Å². The van der Waals surface area contributed by atoms with Crippen LogP contribution in [0.15, 0.2) is 48.5 Å². The van der Waals surface area contributed by atoms with Gasteiger partial charge in [0, 0.05) is 38.0 Å². The summed E-state index contributed by atoms with van der Waals surface area (Å²) in [6.45, 7) is 6.56. The van der Waals surface area contributed by atoms with Crippen molar-refractivity contribution in [3.63, 3.8) is 0 Å². The first-order valence-corrected chi connectivity index (χ1v) is 10.4. The maximum Gasteiger partial charge on any atom is 0.219 e. The third-order valence-electron chi connectivity index (χ3n) is 6.50. The van der Waals surface area contributed by atoms with E-state index in [-0.39, 0.29) is 24.5 Å². The molecule has 2 aliphatic heterocycles. The molecule has 2 saturated heterocycles. The fraction of sp³-hybridized carbons (Fsp3) is 0.458. The molecule has 4 heteroatoms. The van der Waals surface area contributed by atoms with Gasteiger partial charge in [0.15, 0.2) is 0 Å². The van der Waals surface area contributed by atoms with Crippen molar-refractivity contribution < 1.29 is 9.90 Å². The quantitative estimate of drug-likeness (QED) is 0.890. The van der Waals surface area contributed by atoms with E-state index >= 15 is 0 Å². The molecule has 2 aromatic carbocycles. The molecule has 28 heavy (non-hydrogen) atoms. The lowest BCUT2D eigenvalue weighted by Crippen LogP contribution is -2.67. The predicted octanol–water partition coefficient (Wildman–Crippen LogP) is 3.43. The molecule has 0 aromatic heterocycles. The minimum atomic E-state index is 0.155. The summed E-state index contributed by atoms with van der Waals surface area (Å²) < 4.78 is 0. The zero-order valence-electron chi connectivity index (χ0n) is 16.8. The van der Waals surface area contributed by atoms with Gasteiger partial charge in [0.2, 0.25) is 5.91 Å². The second kappa shape index (κ2) is 8.06. The van der Waals surface area contributed by atoms with Gasteiger partial charge in [-0.05, 0) is 43.0 Å². The number of benzene rings is 2. The van der Waals surface area contributed by atoms with Gasteiger partial charge in [0.1, 0.15) is 0 Å². The summed E-state index contributed by atoms with van der Waals surface area (Å²) in [5.41, 5.74) is 4.96. The number of amides is 1. The Hall–Kier alpha value is -2.17. The number of fused-ring (bicyclic) bond motifs is 1. The fourth-order valence-electron chi connectivity index (χ4n) is 4.87. The highest BCUT2D eigenvalue weighted by Gasteiger charge is 2.49. The average Bonchev–Trinajstić information content (AvgIpc) is 2.67. The van der Waals surface area contributed by atoms with Crippen LogP contribution in [0, 0.1) is 6.92 Å². The van der Waals surface area contributed by atoms with Crippen LogP contribution in [0.1, 0.15) is 36.8 Å². The Bertz CT molecular complexity index is 816. The molecule has 4 nitrogen and oxygen atoms in total. The van der Waals surface area contributed by atoms with E-state index in [1.54, 1.807) is 6.92 Å². The summed E-state index contributed by atoms with van der Waals surface area (Å²) in [5.74, 6) is 0.430. The minimum absolute atomic E-state index is 0.155. The van der Waals surface area contributed by atoms with Gasteiger partial charge in [-0.1, -0.05) is 54.1 Å². The van der Waals surface area contributed by atoms with Gasteiger partial charge in [-0.3, -0.25) is 9.69 Å². The normalized spacial score (nSPS) is 25.4. The van der Waals surface area contributed by atoms with Crippen LogP contribution in [-0.2, 0) is 4.79 Å². The third kappa shape index (κ3) is 3.59. The third-order valence-corrected chi connectivity index (χ3v) is 6.50. The predicted molar refractivity (Wildman–Crippen MR) is 112 cm³/mol. The molecule has 1 N–H and O–H groups in total. The Balaban J connectivity index is 1.57. The Morgan fingerprint density at radius 2 is 1.61 bits per heavy atom. The van der Waals surface area contributed by atoms with Crippen molar-refractivity contribution in [1.82, 2.24) is 9.80 Å². The van der Waals surface area contributed by atoms with Crippen LogP contribution in [0.25, 0.3) is 11.1 Å². The Morgan fingerprint density at radius 1 is 1.00 bits per heavy atom. The van der Waals surface area contributed by atoms with Crippen molar-refractivity contribution in [3.8, 4) is 11.1 Å². The number of hydrogen-bond acceptors (Lipinski definition) is 3. The van der Waals surface area contributed by atoms with Gasteiger partial charge in [-0.25, -0.2) is 0 Å². The number of aryl methyl sites for hydroxylation is 1. The van der Waals surface area contributed by atoms with Gasteiger partial charge >= 0.3 is 0 Å². The van der Waals surface area contributed by atoms with E-state index < -0.39 is 0 Å². The number of carbonyl (C=O) groups is 1. The lowest BCUT2D eigenvalue weighted by molar-refractivity contribution is -0.134. The highest BCUT2D eigenvalue weighted by Crippen LogP contribution is 2.42. The molecule has 1 amide bonds. The molecular formula is C24H30N2O2. The van der Waals surface area contributed by atoms with Crippen LogP contribution in [0.4, 0.5) is 0 Å². The maximum absolute atomic E-state index is 12.0. The first-order valence-electron chi connectivity index (χ1n) is 10.4. The number of aliphatic hydroxyl groups excluding tert-OH is 1. The highest BCUT2D eigenvalue weighted by atomic mass is 16.3. The fourth-order valence-corrected chi connectivity index (χ4v) is 4.87. The molecule has 2 heterocycles. The van der Waals surface area contributed by atoms with Gasteiger partial charge in [-0.15, -0.1) is 0 Å². The van der Waals surface area contributed by atoms with Crippen molar-refractivity contribution in [1.29, 1.82) is 0 Å². The summed E-state index contributed by atoms with van der Waals surface area (Å²) in [6.07, 6.45) is 2.12. The van der Waals surface area contributed by atoms with Gasteiger partial charge < -0.3 is 10.0 Å². The minimum Gasteiger partial charge on any atom is -0.395 e. The second-order valence-electron chi connectivity index (χ2n) is 8.24. The SMILES string of the molecule is CC(=O)N1CCCCN2[C@@H](CO)[C@H](c3ccc(-c4ccc(C)cc4)cc3)[C@@H]2C1.